The third-order valence-corrected chi connectivity index (χ3v) is 4.94. The van der Waals surface area contributed by atoms with Crippen LogP contribution in [0.3, 0.4) is 0 Å². The Morgan fingerprint density at radius 1 is 0.903 bits per heavy atom. The molecule has 1 amide bonds. The smallest absolute Gasteiger partial charge is 0.273 e. The third-order valence-electron chi connectivity index (χ3n) is 4.69. The number of carbonyl (C=O) groups is 1. The minimum Gasteiger partial charge on any atom is -0.486 e. The molecule has 5 rings (SSSR count). The van der Waals surface area contributed by atoms with E-state index in [2.05, 4.69) is 15.6 Å². The fourth-order valence-corrected chi connectivity index (χ4v) is 3.25. The van der Waals surface area contributed by atoms with Gasteiger partial charge in [0.2, 0.25) is 0 Å². The predicted molar refractivity (Wildman–Crippen MR) is 111 cm³/mol. The lowest BCUT2D eigenvalue weighted by atomic mass is 10.1. The largest absolute Gasteiger partial charge is 0.486 e. The summed E-state index contributed by atoms with van der Waals surface area (Å²) in [5.41, 5.74) is 2.41. The first kappa shape index (κ1) is 19.2. The highest BCUT2D eigenvalue weighted by molar-refractivity contribution is 6.30. The molecule has 1 aliphatic heterocycles. The van der Waals surface area contributed by atoms with Crippen molar-refractivity contribution in [1.29, 1.82) is 0 Å². The number of rotatable bonds is 5. The second-order valence-corrected chi connectivity index (χ2v) is 7.24. The molecule has 0 bridgehead atoms. The van der Waals surface area contributed by atoms with Gasteiger partial charge in [-0.2, -0.15) is 0 Å². The van der Waals surface area contributed by atoms with Gasteiger partial charge in [-0.3, -0.25) is 4.79 Å². The van der Waals surface area contributed by atoms with Gasteiger partial charge in [-0.25, -0.2) is 0 Å². The quantitative estimate of drug-likeness (QED) is 0.495. The molecule has 1 aliphatic rings. The number of fused-ring (bicyclic) bond motifs is 1. The average molecular weight is 438 g/mol. The van der Waals surface area contributed by atoms with E-state index >= 15 is 0 Å². The van der Waals surface area contributed by atoms with Crippen LogP contribution in [-0.2, 0) is 6.54 Å². The molecule has 156 valence electrons. The number of ether oxygens (including phenoxy) is 2. The minimum atomic E-state index is -0.392. The van der Waals surface area contributed by atoms with E-state index in [0.717, 1.165) is 11.1 Å². The van der Waals surface area contributed by atoms with Crippen molar-refractivity contribution >= 4 is 17.5 Å². The molecule has 0 atom stereocenters. The van der Waals surface area contributed by atoms with E-state index in [-0.39, 0.29) is 12.2 Å². The van der Waals surface area contributed by atoms with Crippen LogP contribution in [-0.4, -0.2) is 29.4 Å². The first-order valence-electron chi connectivity index (χ1n) is 9.52. The van der Waals surface area contributed by atoms with E-state index in [4.69, 9.17) is 30.1 Å². The van der Waals surface area contributed by atoms with Crippen LogP contribution in [0.5, 0.6) is 11.5 Å². The van der Waals surface area contributed by atoms with Crippen LogP contribution in [0.15, 0.2) is 63.6 Å². The molecule has 0 fully saturated rings. The van der Waals surface area contributed by atoms with Crippen LogP contribution < -0.4 is 14.8 Å². The Bertz CT molecular complexity index is 1230. The van der Waals surface area contributed by atoms with Gasteiger partial charge >= 0.3 is 0 Å². The molecule has 31 heavy (non-hydrogen) atoms. The van der Waals surface area contributed by atoms with Crippen LogP contribution in [0.25, 0.3) is 22.6 Å². The van der Waals surface area contributed by atoms with E-state index in [9.17, 15) is 4.79 Å². The highest BCUT2D eigenvalue weighted by Gasteiger charge is 2.18. The summed E-state index contributed by atoms with van der Waals surface area (Å²) >= 11 is 5.90. The van der Waals surface area contributed by atoms with Crippen molar-refractivity contribution in [2.45, 2.75) is 6.54 Å². The zero-order valence-corrected chi connectivity index (χ0v) is 16.9. The van der Waals surface area contributed by atoms with Gasteiger partial charge in [0.1, 0.15) is 18.9 Å². The number of nitrogens with one attached hydrogen (secondary N) is 1. The number of amides is 1. The third kappa shape index (κ3) is 4.10. The molecule has 0 radical (unpaired) electrons. The maximum atomic E-state index is 12.5. The summed E-state index contributed by atoms with van der Waals surface area (Å²) in [6.45, 7) is 1.17. The van der Waals surface area contributed by atoms with E-state index < -0.39 is 5.91 Å². The van der Waals surface area contributed by atoms with E-state index in [1.807, 2.05) is 18.2 Å². The first-order valence-corrected chi connectivity index (χ1v) is 9.90. The molecule has 4 aromatic rings. The van der Waals surface area contributed by atoms with Gasteiger partial charge in [-0.15, -0.1) is 0 Å². The predicted octanol–water partition coefficient (Wildman–Crippen LogP) is 4.35. The molecule has 1 N–H and O–H groups in total. The van der Waals surface area contributed by atoms with E-state index in [1.54, 1.807) is 36.4 Å². The highest BCUT2D eigenvalue weighted by atomic mass is 35.5. The number of carbonyl (C=O) groups excluding carboxylic acids is 1. The van der Waals surface area contributed by atoms with Gasteiger partial charge in [-0.1, -0.05) is 34.0 Å². The maximum Gasteiger partial charge on any atom is 0.273 e. The molecule has 0 saturated carbocycles. The van der Waals surface area contributed by atoms with Gasteiger partial charge in [-0.05, 0) is 30.3 Å². The molecule has 0 aliphatic carbocycles. The number of benzene rings is 2. The zero-order valence-electron chi connectivity index (χ0n) is 16.1. The summed E-state index contributed by atoms with van der Waals surface area (Å²) in [4.78, 5) is 12.5. The van der Waals surface area contributed by atoms with Crippen LogP contribution in [0.4, 0.5) is 0 Å². The van der Waals surface area contributed by atoms with Crippen LogP contribution in [0, 0.1) is 0 Å². The second kappa shape index (κ2) is 8.16. The molecular formula is C22H16ClN3O5. The molecule has 0 spiro atoms. The van der Waals surface area contributed by atoms with Crippen molar-refractivity contribution < 1.29 is 23.3 Å². The van der Waals surface area contributed by atoms with Crippen molar-refractivity contribution in [3.8, 4) is 34.1 Å². The number of hydrogen-bond donors (Lipinski definition) is 1. The fourth-order valence-electron chi connectivity index (χ4n) is 3.13. The molecule has 8 nitrogen and oxygen atoms in total. The maximum absolute atomic E-state index is 12.5. The summed E-state index contributed by atoms with van der Waals surface area (Å²) in [5.74, 6) is 1.88. The fraction of sp³-hybridized carbons (Fsp3) is 0.136. The molecular weight excluding hydrogens is 422 g/mol. The van der Waals surface area contributed by atoms with E-state index in [1.165, 1.54) is 0 Å². The highest BCUT2D eigenvalue weighted by Crippen LogP contribution is 2.34. The molecule has 0 unspecified atom stereocenters. The summed E-state index contributed by atoms with van der Waals surface area (Å²) < 4.78 is 21.7. The Kier molecular flexibility index (Phi) is 5.05. The van der Waals surface area contributed by atoms with Crippen molar-refractivity contribution in [3.63, 3.8) is 0 Å². The summed E-state index contributed by atoms with van der Waals surface area (Å²) in [6, 6.07) is 16.0. The van der Waals surface area contributed by atoms with Gasteiger partial charge in [0, 0.05) is 28.3 Å². The van der Waals surface area contributed by atoms with Crippen molar-refractivity contribution in [2.75, 3.05) is 13.2 Å². The molecule has 2 aromatic carbocycles. The molecule has 9 heteroatoms. The van der Waals surface area contributed by atoms with Crippen molar-refractivity contribution in [3.05, 3.63) is 71.1 Å². The Morgan fingerprint density at radius 2 is 1.68 bits per heavy atom. The summed E-state index contributed by atoms with van der Waals surface area (Å²) in [6.07, 6.45) is 0. The van der Waals surface area contributed by atoms with E-state index in [0.29, 0.717) is 46.9 Å². The second-order valence-electron chi connectivity index (χ2n) is 6.80. The SMILES string of the molecule is O=C(NCc1cc(-c2ccc(Cl)cc2)no1)c1cc(-c2ccc3c(c2)OCCO3)on1. The molecule has 2 aromatic heterocycles. The minimum absolute atomic E-state index is 0.155. The topological polar surface area (TPSA) is 99.6 Å². The van der Waals surface area contributed by atoms with Gasteiger partial charge in [0.05, 0.1) is 6.54 Å². The molecule has 0 saturated heterocycles. The van der Waals surface area contributed by atoms with Crippen molar-refractivity contribution in [2.24, 2.45) is 0 Å². The summed E-state index contributed by atoms with van der Waals surface area (Å²) in [5, 5.41) is 11.3. The number of halogens is 1. The summed E-state index contributed by atoms with van der Waals surface area (Å²) in [7, 11) is 0. The average Bonchev–Trinajstić information content (AvgIpc) is 3.48. The van der Waals surface area contributed by atoms with Gasteiger partial charge in [0.15, 0.2) is 28.7 Å². The number of hydrogen-bond acceptors (Lipinski definition) is 7. The van der Waals surface area contributed by atoms with Crippen LogP contribution in [0.2, 0.25) is 5.02 Å². The molecule has 3 heterocycles. The number of aromatic nitrogens is 2. The normalized spacial score (nSPS) is 12.5. The van der Waals surface area contributed by atoms with Crippen molar-refractivity contribution in [1.82, 2.24) is 15.6 Å². The lowest BCUT2D eigenvalue weighted by Crippen LogP contribution is -2.22. The Morgan fingerprint density at radius 3 is 2.52 bits per heavy atom. The Hall–Kier alpha value is -3.78. The first-order chi connectivity index (χ1) is 15.2. The van der Waals surface area contributed by atoms with Gasteiger partial charge < -0.3 is 23.8 Å². The van der Waals surface area contributed by atoms with Gasteiger partial charge in [0.25, 0.3) is 5.91 Å². The lowest BCUT2D eigenvalue weighted by molar-refractivity contribution is 0.0938. The standard InChI is InChI=1S/C22H16ClN3O5/c23-15-4-1-13(2-5-15)17-10-16(30-25-17)12-24-22(27)18-11-20(31-26-18)14-3-6-19-21(9-14)29-8-7-28-19/h1-6,9-11H,7-8,12H2,(H,24,27). The Labute approximate surface area is 181 Å². The number of nitrogens with zero attached hydrogens (tertiary/aromatic N) is 2. The zero-order chi connectivity index (χ0) is 21.2. The monoisotopic (exact) mass is 437 g/mol. The Balaban J connectivity index is 1.24. The lowest BCUT2D eigenvalue weighted by Gasteiger charge is -2.18. The van der Waals surface area contributed by atoms with Crippen LogP contribution in [0.1, 0.15) is 16.2 Å². The van der Waals surface area contributed by atoms with Crippen LogP contribution >= 0.6 is 11.6 Å².